The Bertz CT molecular complexity index is 975. The molecule has 0 aliphatic rings. The van der Waals surface area contributed by atoms with Crippen molar-refractivity contribution in [3.05, 3.63) is 65.2 Å². The van der Waals surface area contributed by atoms with Crippen molar-refractivity contribution in [2.24, 2.45) is 0 Å². The highest BCUT2D eigenvalue weighted by molar-refractivity contribution is 7.98. The van der Waals surface area contributed by atoms with Crippen LogP contribution in [0.25, 0.3) is 0 Å². The first-order chi connectivity index (χ1) is 13.8. The predicted molar refractivity (Wildman–Crippen MR) is 123 cm³/mol. The molecule has 3 aromatic rings. The van der Waals surface area contributed by atoms with Gasteiger partial charge in [-0.15, -0.1) is 23.1 Å². The third-order valence-corrected chi connectivity index (χ3v) is 6.40. The zero-order chi connectivity index (χ0) is 21.0. The first kappa shape index (κ1) is 21.4. The number of anilines is 2. The summed E-state index contributed by atoms with van der Waals surface area (Å²) in [5, 5.41) is 2.66. The van der Waals surface area contributed by atoms with E-state index >= 15 is 0 Å². The lowest BCUT2D eigenvalue weighted by Gasteiger charge is -2.20. The molecule has 0 N–H and O–H groups in total. The quantitative estimate of drug-likeness (QED) is 0.426. The number of thioether (sulfide) groups is 1. The smallest absolute Gasteiger partial charge is 0.230 e. The van der Waals surface area contributed by atoms with E-state index < -0.39 is 0 Å². The summed E-state index contributed by atoms with van der Waals surface area (Å²) in [4.78, 5) is 19.9. The molecule has 1 aromatic heterocycles. The molecule has 0 aliphatic heterocycles. The number of methoxy groups -OCH3 is 1. The molecule has 1 heterocycles. The van der Waals surface area contributed by atoms with E-state index in [1.807, 2.05) is 29.6 Å². The fraction of sp³-hybridized carbons (Fsp3) is 0.304. The van der Waals surface area contributed by atoms with E-state index in [9.17, 15) is 4.79 Å². The van der Waals surface area contributed by atoms with Crippen molar-refractivity contribution < 1.29 is 9.53 Å². The first-order valence-corrected chi connectivity index (χ1v) is 11.3. The molecule has 0 saturated heterocycles. The van der Waals surface area contributed by atoms with Gasteiger partial charge in [0.2, 0.25) is 5.91 Å². The van der Waals surface area contributed by atoms with E-state index in [1.54, 1.807) is 30.7 Å². The third-order valence-electron chi connectivity index (χ3n) is 4.48. The standard InChI is InChI=1S/C23H26N2O2S2/c1-16(26)25(20-8-6-7-9-21(20)27-5)22-24-18(15-29-22)14-28-19-12-10-17(11-13-19)23(2,3)4/h6-13,15H,14H2,1-5H3. The molecule has 0 bridgehead atoms. The van der Waals surface area contributed by atoms with E-state index in [4.69, 9.17) is 9.72 Å². The molecular formula is C23H26N2O2S2. The van der Waals surface area contributed by atoms with Crippen molar-refractivity contribution in [3.8, 4) is 5.75 Å². The molecule has 152 valence electrons. The fourth-order valence-electron chi connectivity index (χ4n) is 2.90. The van der Waals surface area contributed by atoms with Crippen LogP contribution in [-0.2, 0) is 16.0 Å². The average molecular weight is 427 g/mol. The topological polar surface area (TPSA) is 42.4 Å². The molecule has 3 rings (SSSR count). The van der Waals surface area contributed by atoms with Gasteiger partial charge in [-0.3, -0.25) is 9.69 Å². The second kappa shape index (κ2) is 9.01. The molecule has 0 aliphatic carbocycles. The minimum atomic E-state index is -0.0965. The summed E-state index contributed by atoms with van der Waals surface area (Å²) >= 11 is 3.21. The lowest BCUT2D eigenvalue weighted by molar-refractivity contribution is -0.115. The van der Waals surface area contributed by atoms with Gasteiger partial charge in [0.05, 0.1) is 18.5 Å². The number of carbonyl (C=O) groups is 1. The van der Waals surface area contributed by atoms with E-state index in [-0.39, 0.29) is 11.3 Å². The number of rotatable bonds is 6. The van der Waals surface area contributed by atoms with Crippen LogP contribution in [0, 0.1) is 0 Å². The summed E-state index contributed by atoms with van der Waals surface area (Å²) in [7, 11) is 1.60. The Labute approximate surface area is 180 Å². The SMILES string of the molecule is COc1ccccc1N(C(C)=O)c1nc(CSc2ccc(C(C)(C)C)cc2)cs1. The zero-order valence-electron chi connectivity index (χ0n) is 17.4. The maximum atomic E-state index is 12.3. The van der Waals surface area contributed by atoms with Gasteiger partial charge in [-0.25, -0.2) is 4.98 Å². The van der Waals surface area contributed by atoms with Gasteiger partial charge in [-0.1, -0.05) is 45.0 Å². The Morgan fingerprint density at radius 2 is 1.83 bits per heavy atom. The third kappa shape index (κ3) is 5.19. The minimum absolute atomic E-state index is 0.0965. The van der Waals surface area contributed by atoms with Gasteiger partial charge in [0.25, 0.3) is 0 Å². The van der Waals surface area contributed by atoms with E-state index in [0.29, 0.717) is 16.6 Å². The molecule has 6 heteroatoms. The molecule has 0 radical (unpaired) electrons. The monoisotopic (exact) mass is 426 g/mol. The minimum Gasteiger partial charge on any atom is -0.495 e. The van der Waals surface area contributed by atoms with Gasteiger partial charge >= 0.3 is 0 Å². The summed E-state index contributed by atoms with van der Waals surface area (Å²) in [6.07, 6.45) is 0. The summed E-state index contributed by atoms with van der Waals surface area (Å²) in [5.41, 5.74) is 3.14. The zero-order valence-corrected chi connectivity index (χ0v) is 19.1. The molecule has 0 spiro atoms. The van der Waals surface area contributed by atoms with Crippen LogP contribution in [0.3, 0.4) is 0 Å². The maximum absolute atomic E-state index is 12.3. The molecule has 0 atom stereocenters. The number of amides is 1. The number of hydrogen-bond acceptors (Lipinski definition) is 5. The Kier molecular flexibility index (Phi) is 6.65. The first-order valence-electron chi connectivity index (χ1n) is 9.41. The normalized spacial score (nSPS) is 11.3. The summed E-state index contributed by atoms with van der Waals surface area (Å²) in [6, 6.07) is 16.2. The Morgan fingerprint density at radius 3 is 2.45 bits per heavy atom. The highest BCUT2D eigenvalue weighted by atomic mass is 32.2. The van der Waals surface area contributed by atoms with Crippen LogP contribution in [0.1, 0.15) is 39.0 Å². The summed E-state index contributed by atoms with van der Waals surface area (Å²) < 4.78 is 5.42. The second-order valence-electron chi connectivity index (χ2n) is 7.71. The molecule has 29 heavy (non-hydrogen) atoms. The van der Waals surface area contributed by atoms with E-state index in [0.717, 1.165) is 11.4 Å². The molecule has 0 saturated carbocycles. The number of carbonyl (C=O) groups excluding carboxylic acids is 1. The fourth-order valence-corrected chi connectivity index (χ4v) is 4.67. The van der Waals surface area contributed by atoms with Gasteiger partial charge in [-0.05, 0) is 35.2 Å². The van der Waals surface area contributed by atoms with Crippen molar-refractivity contribution in [2.75, 3.05) is 12.0 Å². The van der Waals surface area contributed by atoms with Crippen molar-refractivity contribution in [1.29, 1.82) is 0 Å². The van der Waals surface area contributed by atoms with Crippen LogP contribution < -0.4 is 9.64 Å². The van der Waals surface area contributed by atoms with Crippen molar-refractivity contribution >= 4 is 39.8 Å². The van der Waals surface area contributed by atoms with Crippen LogP contribution in [-0.4, -0.2) is 18.0 Å². The van der Waals surface area contributed by atoms with Gasteiger partial charge in [0, 0.05) is 23.0 Å². The Balaban J connectivity index is 1.74. The summed E-state index contributed by atoms with van der Waals surface area (Å²) in [5.74, 6) is 1.30. The van der Waals surface area contributed by atoms with Gasteiger partial charge in [-0.2, -0.15) is 0 Å². The van der Waals surface area contributed by atoms with Crippen LogP contribution in [0.5, 0.6) is 5.75 Å². The van der Waals surface area contributed by atoms with Crippen LogP contribution in [0.15, 0.2) is 58.8 Å². The highest BCUT2D eigenvalue weighted by Gasteiger charge is 2.21. The largest absolute Gasteiger partial charge is 0.495 e. The van der Waals surface area contributed by atoms with Gasteiger partial charge < -0.3 is 4.74 Å². The molecule has 1 amide bonds. The number of hydrogen-bond donors (Lipinski definition) is 0. The number of benzene rings is 2. The molecule has 2 aromatic carbocycles. The van der Waals surface area contributed by atoms with Crippen LogP contribution >= 0.6 is 23.1 Å². The molecule has 0 fully saturated rings. The van der Waals surface area contributed by atoms with Crippen LogP contribution in [0.2, 0.25) is 0 Å². The van der Waals surface area contributed by atoms with Crippen molar-refractivity contribution in [3.63, 3.8) is 0 Å². The average Bonchev–Trinajstić information content (AvgIpc) is 3.14. The van der Waals surface area contributed by atoms with Crippen molar-refractivity contribution in [2.45, 2.75) is 43.8 Å². The molecule has 0 unspecified atom stereocenters. The van der Waals surface area contributed by atoms with Crippen LogP contribution in [0.4, 0.5) is 10.8 Å². The van der Waals surface area contributed by atoms with E-state index in [2.05, 4.69) is 45.0 Å². The predicted octanol–water partition coefficient (Wildman–Crippen LogP) is 6.43. The van der Waals surface area contributed by atoms with Gasteiger partial charge in [0.1, 0.15) is 5.75 Å². The molecule has 4 nitrogen and oxygen atoms in total. The van der Waals surface area contributed by atoms with E-state index in [1.165, 1.54) is 21.8 Å². The number of nitrogens with zero attached hydrogens (tertiary/aromatic N) is 2. The summed E-state index contributed by atoms with van der Waals surface area (Å²) in [6.45, 7) is 8.19. The lowest BCUT2D eigenvalue weighted by Crippen LogP contribution is -2.23. The van der Waals surface area contributed by atoms with Gasteiger partial charge in [0.15, 0.2) is 5.13 Å². The highest BCUT2D eigenvalue weighted by Crippen LogP contribution is 2.36. The number of aromatic nitrogens is 1. The maximum Gasteiger partial charge on any atom is 0.230 e. The Morgan fingerprint density at radius 1 is 1.14 bits per heavy atom. The number of para-hydroxylation sites is 2. The lowest BCUT2D eigenvalue weighted by atomic mass is 9.87. The molecular weight excluding hydrogens is 400 g/mol. The second-order valence-corrected chi connectivity index (χ2v) is 9.60. The Hall–Kier alpha value is -2.31. The van der Waals surface area contributed by atoms with Crippen molar-refractivity contribution in [1.82, 2.24) is 4.98 Å². The number of thiazole rings is 1. The number of ether oxygens (including phenoxy) is 1.